The molecule has 116 valence electrons. The summed E-state index contributed by atoms with van der Waals surface area (Å²) in [6.07, 6.45) is 2.29. The van der Waals surface area contributed by atoms with Gasteiger partial charge in [-0.1, -0.05) is 6.07 Å². The number of nitrogens with zero attached hydrogens (tertiary/aromatic N) is 1. The third-order valence-electron chi connectivity index (χ3n) is 3.91. The molecule has 0 spiro atoms. The van der Waals surface area contributed by atoms with E-state index in [1.807, 2.05) is 6.92 Å². The molecule has 0 aliphatic carbocycles. The molecule has 1 aliphatic heterocycles. The van der Waals surface area contributed by atoms with Crippen LogP contribution >= 0.6 is 0 Å². The van der Waals surface area contributed by atoms with Crippen molar-refractivity contribution in [1.82, 2.24) is 5.32 Å². The molecule has 1 aromatic carbocycles. The Labute approximate surface area is 125 Å². The number of para-hydroxylation sites is 1. The number of nitrogens with one attached hydrogen (secondary N) is 2. The van der Waals surface area contributed by atoms with E-state index < -0.39 is 0 Å². The Morgan fingerprint density at radius 2 is 2.38 bits per heavy atom. The van der Waals surface area contributed by atoms with E-state index in [1.54, 1.807) is 18.2 Å². The summed E-state index contributed by atoms with van der Waals surface area (Å²) in [5.74, 6) is 0.801. The quantitative estimate of drug-likeness (QED) is 0.623. The molecule has 6 nitrogen and oxygen atoms in total. The van der Waals surface area contributed by atoms with Gasteiger partial charge in [-0.2, -0.15) is 0 Å². The van der Waals surface area contributed by atoms with Gasteiger partial charge >= 0.3 is 5.69 Å². The predicted molar refractivity (Wildman–Crippen MR) is 82.9 cm³/mol. The lowest BCUT2D eigenvalue weighted by Crippen LogP contribution is -2.38. The molecule has 1 aromatic rings. The van der Waals surface area contributed by atoms with Crippen LogP contribution in [0.4, 0.5) is 11.4 Å². The van der Waals surface area contributed by atoms with Crippen molar-refractivity contribution in [2.45, 2.75) is 32.7 Å². The van der Waals surface area contributed by atoms with E-state index in [2.05, 4.69) is 17.6 Å². The second kappa shape index (κ2) is 7.26. The van der Waals surface area contributed by atoms with Crippen LogP contribution in [-0.4, -0.2) is 30.7 Å². The van der Waals surface area contributed by atoms with Gasteiger partial charge in [0, 0.05) is 6.04 Å². The highest BCUT2D eigenvalue weighted by molar-refractivity contribution is 5.68. The first-order valence-electron chi connectivity index (χ1n) is 7.51. The molecule has 2 rings (SSSR count). The third kappa shape index (κ3) is 3.85. The SMILES string of the molecule is CCOc1cccc(NC(C)C2CCCNC2)c1[N+](=O)[O-]. The molecule has 2 atom stereocenters. The van der Waals surface area contributed by atoms with Gasteiger partial charge in [-0.3, -0.25) is 10.1 Å². The number of hydrogen-bond donors (Lipinski definition) is 2. The van der Waals surface area contributed by atoms with Crippen LogP contribution in [0, 0.1) is 16.0 Å². The Bertz CT molecular complexity index is 487. The fourth-order valence-corrected chi connectivity index (χ4v) is 2.77. The van der Waals surface area contributed by atoms with Crippen LogP contribution < -0.4 is 15.4 Å². The first-order valence-corrected chi connectivity index (χ1v) is 7.51. The molecular formula is C15H23N3O3. The van der Waals surface area contributed by atoms with Crippen LogP contribution in [0.5, 0.6) is 5.75 Å². The van der Waals surface area contributed by atoms with Crippen molar-refractivity contribution in [3.8, 4) is 5.75 Å². The fourth-order valence-electron chi connectivity index (χ4n) is 2.77. The Balaban J connectivity index is 2.18. The number of nitro benzene ring substituents is 1. The zero-order valence-corrected chi connectivity index (χ0v) is 12.6. The average molecular weight is 293 g/mol. The topological polar surface area (TPSA) is 76.4 Å². The molecule has 1 aliphatic rings. The van der Waals surface area contributed by atoms with Gasteiger partial charge in [-0.05, 0) is 57.8 Å². The predicted octanol–water partition coefficient (Wildman–Crippen LogP) is 2.79. The number of nitro groups is 1. The second-order valence-electron chi connectivity index (χ2n) is 5.38. The summed E-state index contributed by atoms with van der Waals surface area (Å²) in [7, 11) is 0. The first-order chi connectivity index (χ1) is 10.1. The maximum atomic E-state index is 11.3. The van der Waals surface area contributed by atoms with Gasteiger partial charge in [-0.15, -0.1) is 0 Å². The van der Waals surface area contributed by atoms with E-state index in [9.17, 15) is 10.1 Å². The molecule has 2 N–H and O–H groups in total. The molecule has 1 saturated heterocycles. The Morgan fingerprint density at radius 3 is 3.00 bits per heavy atom. The molecule has 0 aromatic heterocycles. The molecule has 1 fully saturated rings. The Morgan fingerprint density at radius 1 is 1.57 bits per heavy atom. The van der Waals surface area contributed by atoms with E-state index in [0.717, 1.165) is 25.9 Å². The van der Waals surface area contributed by atoms with Crippen molar-refractivity contribution in [1.29, 1.82) is 0 Å². The lowest BCUT2D eigenvalue weighted by atomic mass is 9.92. The van der Waals surface area contributed by atoms with Crippen LogP contribution in [0.15, 0.2) is 18.2 Å². The second-order valence-corrected chi connectivity index (χ2v) is 5.38. The number of anilines is 1. The van der Waals surface area contributed by atoms with Crippen LogP contribution in [0.3, 0.4) is 0 Å². The van der Waals surface area contributed by atoms with Gasteiger partial charge in [0.2, 0.25) is 0 Å². The zero-order chi connectivity index (χ0) is 15.2. The smallest absolute Gasteiger partial charge is 0.333 e. The summed E-state index contributed by atoms with van der Waals surface area (Å²) in [4.78, 5) is 11.0. The minimum Gasteiger partial charge on any atom is -0.487 e. The van der Waals surface area contributed by atoms with Crippen molar-refractivity contribution in [3.05, 3.63) is 28.3 Å². The standard InChI is InChI=1S/C15H23N3O3/c1-3-21-14-8-4-7-13(15(14)18(19)20)17-11(2)12-6-5-9-16-10-12/h4,7-8,11-12,16-17H,3,5-6,9-10H2,1-2H3. The summed E-state index contributed by atoms with van der Waals surface area (Å²) in [6, 6.07) is 5.34. The summed E-state index contributed by atoms with van der Waals surface area (Å²) < 4.78 is 5.37. The maximum absolute atomic E-state index is 11.3. The van der Waals surface area contributed by atoms with Crippen molar-refractivity contribution in [3.63, 3.8) is 0 Å². The lowest BCUT2D eigenvalue weighted by molar-refractivity contribution is -0.385. The van der Waals surface area contributed by atoms with Gasteiger partial charge in [0.1, 0.15) is 5.69 Å². The van der Waals surface area contributed by atoms with Gasteiger partial charge in [0.05, 0.1) is 11.5 Å². The number of benzene rings is 1. The lowest BCUT2D eigenvalue weighted by Gasteiger charge is -2.29. The monoisotopic (exact) mass is 293 g/mol. The number of ether oxygens (including phenoxy) is 1. The summed E-state index contributed by atoms with van der Waals surface area (Å²) in [6.45, 7) is 6.32. The molecule has 1 heterocycles. The van der Waals surface area contributed by atoms with E-state index in [0.29, 0.717) is 24.0 Å². The van der Waals surface area contributed by atoms with Crippen LogP contribution in [0.2, 0.25) is 0 Å². The largest absolute Gasteiger partial charge is 0.487 e. The zero-order valence-electron chi connectivity index (χ0n) is 12.6. The highest BCUT2D eigenvalue weighted by Crippen LogP contribution is 2.35. The van der Waals surface area contributed by atoms with Crippen molar-refractivity contribution in [2.24, 2.45) is 5.92 Å². The van der Waals surface area contributed by atoms with Gasteiger partial charge in [-0.25, -0.2) is 0 Å². The number of hydrogen-bond acceptors (Lipinski definition) is 5. The normalized spacial score (nSPS) is 19.8. The Hall–Kier alpha value is -1.82. The number of piperidine rings is 1. The molecule has 0 amide bonds. The molecule has 6 heteroatoms. The highest BCUT2D eigenvalue weighted by atomic mass is 16.6. The third-order valence-corrected chi connectivity index (χ3v) is 3.91. The fraction of sp³-hybridized carbons (Fsp3) is 0.600. The molecule has 21 heavy (non-hydrogen) atoms. The van der Waals surface area contributed by atoms with Crippen LogP contribution in [-0.2, 0) is 0 Å². The van der Waals surface area contributed by atoms with E-state index >= 15 is 0 Å². The van der Waals surface area contributed by atoms with E-state index in [4.69, 9.17) is 4.74 Å². The molecule has 0 saturated carbocycles. The van der Waals surface area contributed by atoms with Crippen molar-refractivity contribution >= 4 is 11.4 Å². The minimum atomic E-state index is -0.376. The van der Waals surface area contributed by atoms with Gasteiger partial charge in [0.25, 0.3) is 0 Å². The van der Waals surface area contributed by atoms with Gasteiger partial charge < -0.3 is 15.4 Å². The van der Waals surface area contributed by atoms with Crippen molar-refractivity contribution < 1.29 is 9.66 Å². The molecule has 2 unspecified atom stereocenters. The maximum Gasteiger partial charge on any atom is 0.333 e. The average Bonchev–Trinajstić information content (AvgIpc) is 2.48. The van der Waals surface area contributed by atoms with Crippen LogP contribution in [0.25, 0.3) is 0 Å². The van der Waals surface area contributed by atoms with E-state index in [-0.39, 0.29) is 16.7 Å². The molecular weight excluding hydrogens is 270 g/mol. The molecule has 0 bridgehead atoms. The highest BCUT2D eigenvalue weighted by Gasteiger charge is 2.25. The summed E-state index contributed by atoms with van der Waals surface area (Å²) >= 11 is 0. The number of rotatable bonds is 6. The van der Waals surface area contributed by atoms with E-state index in [1.165, 1.54) is 0 Å². The first kappa shape index (κ1) is 15.6. The summed E-state index contributed by atoms with van der Waals surface area (Å²) in [5, 5.41) is 18.0. The Kier molecular flexibility index (Phi) is 5.38. The molecule has 0 radical (unpaired) electrons. The van der Waals surface area contributed by atoms with Crippen LogP contribution in [0.1, 0.15) is 26.7 Å². The summed E-state index contributed by atoms with van der Waals surface area (Å²) in [5.41, 5.74) is 0.555. The minimum absolute atomic E-state index is 0.0231. The van der Waals surface area contributed by atoms with Gasteiger partial charge in [0.15, 0.2) is 5.75 Å². The van der Waals surface area contributed by atoms with Crippen molar-refractivity contribution in [2.75, 3.05) is 25.0 Å².